The minimum Gasteiger partial charge on any atom is -0.378 e. The number of nitrogens with zero attached hydrogens (tertiary/aromatic N) is 1. The van der Waals surface area contributed by atoms with Crippen molar-refractivity contribution in [2.45, 2.75) is 26.1 Å². The lowest BCUT2D eigenvalue weighted by Crippen LogP contribution is -2.51. The maximum absolute atomic E-state index is 12.7. The Kier molecular flexibility index (Phi) is 7.37. The predicted octanol–water partition coefficient (Wildman–Crippen LogP) is 1.83. The number of alkyl halides is 3. The number of urea groups is 1. The van der Waals surface area contributed by atoms with Crippen LogP contribution in [0.5, 0.6) is 0 Å². The van der Waals surface area contributed by atoms with Crippen molar-refractivity contribution in [3.63, 3.8) is 0 Å². The summed E-state index contributed by atoms with van der Waals surface area (Å²) in [6.07, 6.45) is -4.70. The highest BCUT2D eigenvalue weighted by atomic mass is 19.4. The Morgan fingerprint density at radius 2 is 1.89 bits per heavy atom. The molecule has 0 aliphatic carbocycles. The van der Waals surface area contributed by atoms with Crippen LogP contribution in [-0.4, -0.2) is 36.0 Å². The molecule has 12 heteroatoms. The van der Waals surface area contributed by atoms with Crippen LogP contribution in [0.3, 0.4) is 0 Å². The maximum atomic E-state index is 12.7. The third-order valence-electron chi connectivity index (χ3n) is 3.51. The Morgan fingerprint density at radius 1 is 1.26 bits per heavy atom. The fourth-order valence-electron chi connectivity index (χ4n) is 2.19. The molecule has 0 aliphatic heterocycles. The van der Waals surface area contributed by atoms with E-state index in [1.54, 1.807) is 13.8 Å². The Morgan fingerprint density at radius 3 is 2.37 bits per heavy atom. The van der Waals surface area contributed by atoms with Crippen LogP contribution >= 0.6 is 0 Å². The average Bonchev–Trinajstić information content (AvgIpc) is 2.54. The van der Waals surface area contributed by atoms with Crippen molar-refractivity contribution < 1.29 is 27.7 Å². The predicted molar refractivity (Wildman–Crippen MR) is 90.9 cm³/mol. The van der Waals surface area contributed by atoms with E-state index in [0.29, 0.717) is 6.07 Å². The molecule has 0 heterocycles. The molecule has 1 rings (SSSR count). The zero-order valence-electron chi connectivity index (χ0n) is 14.6. The van der Waals surface area contributed by atoms with Crippen molar-refractivity contribution in [3.8, 4) is 0 Å². The van der Waals surface area contributed by atoms with Gasteiger partial charge in [-0.05, 0) is 18.1 Å². The Balaban J connectivity index is 2.70. The van der Waals surface area contributed by atoms with E-state index in [2.05, 4.69) is 16.0 Å². The lowest BCUT2D eigenvalue weighted by Gasteiger charge is -2.20. The van der Waals surface area contributed by atoms with Crippen LogP contribution in [0.2, 0.25) is 0 Å². The quantitative estimate of drug-likeness (QED) is 0.304. The highest BCUT2D eigenvalue weighted by molar-refractivity contribution is 5.86. The molecular weight excluding hydrogens is 371 g/mol. The minimum atomic E-state index is -4.70. The summed E-state index contributed by atoms with van der Waals surface area (Å²) in [6, 6.07) is 0.394. The molecule has 0 bridgehead atoms. The van der Waals surface area contributed by atoms with Crippen molar-refractivity contribution in [2.75, 3.05) is 18.4 Å². The second-order valence-corrected chi connectivity index (χ2v) is 5.93. The van der Waals surface area contributed by atoms with E-state index in [0.717, 1.165) is 12.1 Å². The molecule has 0 unspecified atom stereocenters. The topological polar surface area (TPSA) is 139 Å². The van der Waals surface area contributed by atoms with Gasteiger partial charge in [0.05, 0.1) is 10.5 Å². The second kappa shape index (κ2) is 9.05. The van der Waals surface area contributed by atoms with Crippen LogP contribution in [0.25, 0.3) is 0 Å². The van der Waals surface area contributed by atoms with Crippen molar-refractivity contribution in [3.05, 3.63) is 33.9 Å². The molecule has 3 amide bonds. The number of carbonyl (C=O) groups is 2. The number of nitrogens with two attached hydrogens (primary N) is 1. The van der Waals surface area contributed by atoms with Crippen molar-refractivity contribution >= 4 is 23.3 Å². The summed E-state index contributed by atoms with van der Waals surface area (Å²) < 4.78 is 38.0. The molecule has 0 spiro atoms. The number of anilines is 1. The number of primary amides is 1. The summed E-state index contributed by atoms with van der Waals surface area (Å²) in [6.45, 7) is 3.42. The van der Waals surface area contributed by atoms with Crippen molar-refractivity contribution in [1.82, 2.24) is 10.6 Å². The van der Waals surface area contributed by atoms with Crippen LogP contribution in [0.4, 0.5) is 29.3 Å². The fourth-order valence-corrected chi connectivity index (χ4v) is 2.19. The van der Waals surface area contributed by atoms with E-state index in [1.807, 2.05) is 0 Å². The number of benzene rings is 1. The molecule has 0 saturated carbocycles. The maximum Gasteiger partial charge on any atom is 0.416 e. The van der Waals surface area contributed by atoms with Gasteiger partial charge in [-0.2, -0.15) is 13.2 Å². The monoisotopic (exact) mass is 391 g/mol. The molecule has 9 nitrogen and oxygen atoms in total. The molecule has 5 N–H and O–H groups in total. The third kappa shape index (κ3) is 6.64. The van der Waals surface area contributed by atoms with Gasteiger partial charge in [-0.1, -0.05) is 13.8 Å². The first kappa shape index (κ1) is 22.0. The van der Waals surface area contributed by atoms with Crippen LogP contribution in [0.1, 0.15) is 19.4 Å². The number of hydrogen-bond donors (Lipinski definition) is 4. The summed E-state index contributed by atoms with van der Waals surface area (Å²) in [5, 5.41) is 18.4. The molecule has 0 fully saturated rings. The van der Waals surface area contributed by atoms with Gasteiger partial charge in [0.1, 0.15) is 11.7 Å². The average molecular weight is 391 g/mol. The van der Waals surface area contributed by atoms with Gasteiger partial charge in [-0.15, -0.1) is 0 Å². The minimum absolute atomic E-state index is 0.0132. The molecule has 27 heavy (non-hydrogen) atoms. The third-order valence-corrected chi connectivity index (χ3v) is 3.51. The first-order valence-electron chi connectivity index (χ1n) is 7.86. The number of rotatable bonds is 8. The zero-order chi connectivity index (χ0) is 20.8. The van der Waals surface area contributed by atoms with Crippen LogP contribution < -0.4 is 21.7 Å². The van der Waals surface area contributed by atoms with Gasteiger partial charge in [-0.25, -0.2) is 4.79 Å². The molecule has 0 aliphatic rings. The normalized spacial score (nSPS) is 12.4. The van der Waals surface area contributed by atoms with E-state index in [1.165, 1.54) is 0 Å². The highest BCUT2D eigenvalue weighted by Gasteiger charge is 2.33. The number of carbonyl (C=O) groups excluding carboxylic acids is 2. The standard InChI is InChI=1S/C15H20F3N5O4/c1-8(2)12(22-14(19)25)13(24)21-6-5-20-10-4-3-9(15(16,17)18)7-11(10)23(26)27/h3-4,7-8,12,20H,5-6H2,1-2H3,(H,21,24)(H3,19,22,25)/t12-/m0/s1. The molecule has 1 aromatic carbocycles. The summed E-state index contributed by atoms with van der Waals surface area (Å²) in [4.78, 5) is 33.0. The summed E-state index contributed by atoms with van der Waals surface area (Å²) in [5.74, 6) is -0.742. The van der Waals surface area contributed by atoms with Gasteiger partial charge >= 0.3 is 12.2 Å². The summed E-state index contributed by atoms with van der Waals surface area (Å²) in [5.41, 5.74) is 3.02. The van der Waals surface area contributed by atoms with Crippen LogP contribution in [-0.2, 0) is 11.0 Å². The molecule has 1 aromatic rings. The first-order chi connectivity index (χ1) is 12.4. The van der Waals surface area contributed by atoms with Crippen molar-refractivity contribution in [1.29, 1.82) is 0 Å². The Labute approximate surface area is 152 Å². The summed E-state index contributed by atoms with van der Waals surface area (Å²) in [7, 11) is 0. The van der Waals surface area contributed by atoms with Crippen LogP contribution in [0.15, 0.2) is 18.2 Å². The number of nitro groups is 1. The molecule has 0 saturated heterocycles. The summed E-state index contributed by atoms with van der Waals surface area (Å²) >= 11 is 0. The van der Waals surface area contributed by atoms with E-state index in [-0.39, 0.29) is 24.7 Å². The second-order valence-electron chi connectivity index (χ2n) is 5.93. The molecule has 150 valence electrons. The van der Waals surface area contributed by atoms with Gasteiger partial charge in [0.25, 0.3) is 5.69 Å². The lowest BCUT2D eigenvalue weighted by molar-refractivity contribution is -0.384. The van der Waals surface area contributed by atoms with E-state index >= 15 is 0 Å². The van der Waals surface area contributed by atoms with E-state index in [4.69, 9.17) is 5.73 Å². The molecule has 0 aromatic heterocycles. The molecular formula is C15H20F3N5O4. The number of nitro benzene ring substituents is 1. The first-order valence-corrected chi connectivity index (χ1v) is 7.86. The van der Waals surface area contributed by atoms with E-state index in [9.17, 15) is 32.9 Å². The highest BCUT2D eigenvalue weighted by Crippen LogP contribution is 2.34. The number of halogens is 3. The number of nitrogens with one attached hydrogen (secondary N) is 3. The van der Waals surface area contributed by atoms with Gasteiger partial charge < -0.3 is 21.7 Å². The van der Waals surface area contributed by atoms with Gasteiger partial charge in [0, 0.05) is 19.2 Å². The van der Waals surface area contributed by atoms with E-state index < -0.39 is 40.3 Å². The van der Waals surface area contributed by atoms with Gasteiger partial charge in [0.15, 0.2) is 0 Å². The molecule has 1 atom stereocenters. The number of hydrogen-bond acceptors (Lipinski definition) is 5. The zero-order valence-corrected chi connectivity index (χ0v) is 14.6. The van der Waals surface area contributed by atoms with Gasteiger partial charge in [0.2, 0.25) is 5.91 Å². The smallest absolute Gasteiger partial charge is 0.378 e. The number of amides is 3. The molecule has 0 radical (unpaired) electrons. The fraction of sp³-hybridized carbons (Fsp3) is 0.467. The van der Waals surface area contributed by atoms with Crippen LogP contribution in [0, 0.1) is 16.0 Å². The van der Waals surface area contributed by atoms with Gasteiger partial charge in [-0.3, -0.25) is 14.9 Å². The lowest BCUT2D eigenvalue weighted by atomic mass is 10.0. The SMILES string of the molecule is CC(C)[C@H](NC(N)=O)C(=O)NCCNc1ccc(C(F)(F)F)cc1[N+](=O)[O-]. The largest absolute Gasteiger partial charge is 0.416 e. The Bertz CT molecular complexity index is 709. The Hall–Kier alpha value is -3.05. The van der Waals surface area contributed by atoms with Crippen molar-refractivity contribution in [2.24, 2.45) is 11.7 Å².